The van der Waals surface area contributed by atoms with Crippen LogP contribution in [-0.4, -0.2) is 21.1 Å². The first-order valence-electron chi connectivity index (χ1n) is 5.88. The van der Waals surface area contributed by atoms with Gasteiger partial charge in [0.25, 0.3) is 0 Å². The summed E-state index contributed by atoms with van der Waals surface area (Å²) >= 11 is 0.144. The van der Waals surface area contributed by atoms with Crippen LogP contribution in [0, 0.1) is 0 Å². The molecule has 1 aromatic rings. The van der Waals surface area contributed by atoms with Crippen molar-refractivity contribution >= 4 is 24.1 Å². The molecule has 0 atom stereocenters. The van der Waals surface area contributed by atoms with Crippen molar-refractivity contribution in [2.75, 3.05) is 6.61 Å². The second-order valence-electron chi connectivity index (χ2n) is 4.02. The Morgan fingerprint density at radius 1 is 1.17 bits per heavy atom. The Morgan fingerprint density at radius 3 is 2.83 bits per heavy atom. The first-order chi connectivity index (χ1) is 8.79. The van der Waals surface area contributed by atoms with Crippen molar-refractivity contribution in [1.29, 1.82) is 0 Å². The summed E-state index contributed by atoms with van der Waals surface area (Å²) in [6.07, 6.45) is 0. The van der Waals surface area contributed by atoms with Gasteiger partial charge < -0.3 is 0 Å². The zero-order valence-corrected chi connectivity index (χ0v) is 11.7. The summed E-state index contributed by atoms with van der Waals surface area (Å²) in [4.78, 5) is 12.0. The number of fused-ring (bicyclic) bond motifs is 2. The van der Waals surface area contributed by atoms with E-state index >= 15 is 0 Å². The Morgan fingerprint density at radius 2 is 2.00 bits per heavy atom. The minimum atomic E-state index is 0.0878. The van der Waals surface area contributed by atoms with Crippen LogP contribution in [0.3, 0.4) is 0 Å². The number of benzene rings is 2. The predicted octanol–water partition coefficient (Wildman–Crippen LogP) is 2.76. The van der Waals surface area contributed by atoms with Gasteiger partial charge in [0.15, 0.2) is 0 Å². The molecule has 3 rings (SSSR count). The van der Waals surface area contributed by atoms with Crippen LogP contribution in [0.2, 0.25) is 0 Å². The van der Waals surface area contributed by atoms with E-state index in [2.05, 4.69) is 12.1 Å². The van der Waals surface area contributed by atoms with Gasteiger partial charge in [-0.2, -0.15) is 0 Å². The molecule has 0 saturated carbocycles. The summed E-state index contributed by atoms with van der Waals surface area (Å²) in [6, 6.07) is 13.6. The summed E-state index contributed by atoms with van der Waals surface area (Å²) in [5.74, 6) is 0.859. The van der Waals surface area contributed by atoms with Crippen molar-refractivity contribution in [3.63, 3.8) is 0 Å². The number of hydrogen-bond acceptors (Lipinski definition) is 2. The third kappa shape index (κ3) is 1.86. The third-order valence-corrected chi connectivity index (χ3v) is 5.40. The summed E-state index contributed by atoms with van der Waals surface area (Å²) in [5.41, 5.74) is 0.893. The number of ether oxygens (including phenoxy) is 1. The van der Waals surface area contributed by atoms with Crippen LogP contribution in [0.5, 0.6) is 5.75 Å². The molecule has 18 heavy (non-hydrogen) atoms. The van der Waals surface area contributed by atoms with Gasteiger partial charge in [0.1, 0.15) is 0 Å². The first-order valence-corrected chi connectivity index (χ1v) is 7.59. The van der Waals surface area contributed by atoms with Crippen LogP contribution in [0.4, 0.5) is 0 Å². The molecule has 2 aliphatic rings. The normalized spacial score (nSPS) is 10.9. The summed E-state index contributed by atoms with van der Waals surface area (Å²) in [6.45, 7) is 2.59. The van der Waals surface area contributed by atoms with Gasteiger partial charge in [-0.3, -0.25) is 0 Å². The van der Waals surface area contributed by atoms with E-state index in [1.165, 1.54) is 4.26 Å². The molecular weight excluding hydrogens is 291 g/mol. The maximum atomic E-state index is 12.0. The van der Waals surface area contributed by atoms with Gasteiger partial charge in [0.05, 0.1) is 0 Å². The van der Waals surface area contributed by atoms with E-state index in [0.29, 0.717) is 6.61 Å². The Kier molecular flexibility index (Phi) is 2.94. The fourth-order valence-electron chi connectivity index (χ4n) is 2.03. The topological polar surface area (TPSA) is 26.3 Å². The van der Waals surface area contributed by atoms with Crippen LogP contribution >= 0.6 is 0 Å². The van der Waals surface area contributed by atoms with E-state index in [-0.39, 0.29) is 19.9 Å². The molecule has 0 unspecified atom stereocenters. The van der Waals surface area contributed by atoms with E-state index in [9.17, 15) is 4.79 Å². The van der Waals surface area contributed by atoms with Gasteiger partial charge in [0.2, 0.25) is 0 Å². The fraction of sp³-hybridized carbons (Fsp3) is 0.133. The van der Waals surface area contributed by atoms with Crippen molar-refractivity contribution < 1.29 is 4.74 Å². The molecule has 0 spiro atoms. The van der Waals surface area contributed by atoms with E-state index in [0.717, 1.165) is 21.1 Å². The van der Waals surface area contributed by atoms with Gasteiger partial charge in [-0.1, -0.05) is 0 Å². The van der Waals surface area contributed by atoms with Crippen LogP contribution in [0.25, 0.3) is 19.6 Å². The van der Waals surface area contributed by atoms with Gasteiger partial charge >= 0.3 is 111 Å². The maximum absolute atomic E-state index is 12.0. The Bertz CT molecular complexity index is 730. The van der Waals surface area contributed by atoms with Gasteiger partial charge in [0, 0.05) is 0 Å². The average Bonchev–Trinajstić information content (AvgIpc) is 2.41. The van der Waals surface area contributed by atoms with Crippen molar-refractivity contribution in [2.24, 2.45) is 0 Å². The molecule has 0 aromatic heterocycles. The standard InChI is InChI=1S/C15H12O2Se/c1-2-17-13-8-7-12(16)11-9-10-5-3-4-6-14(10)18-15(11)13/h3-9H,2H2,1H3. The molecular formula is C15H12O2Se. The van der Waals surface area contributed by atoms with Crippen LogP contribution < -0.4 is 10.2 Å². The van der Waals surface area contributed by atoms with E-state index in [1.807, 2.05) is 25.1 Å². The molecule has 90 valence electrons. The molecule has 1 aliphatic heterocycles. The predicted molar refractivity (Wildman–Crippen MR) is 74.9 cm³/mol. The van der Waals surface area contributed by atoms with E-state index < -0.39 is 0 Å². The Balaban J connectivity index is 2.40. The first kappa shape index (κ1) is 11.5. The zero-order valence-electron chi connectivity index (χ0n) is 9.97. The monoisotopic (exact) mass is 304 g/mol. The minimum absolute atomic E-state index is 0.0878. The summed E-state index contributed by atoms with van der Waals surface area (Å²) in [5, 5.41) is 1.16. The van der Waals surface area contributed by atoms with Crippen LogP contribution in [0.1, 0.15) is 6.92 Å². The number of rotatable bonds is 2. The summed E-state index contributed by atoms with van der Waals surface area (Å²) < 4.78 is 8.02. The quantitative estimate of drug-likeness (QED) is 0.537. The van der Waals surface area contributed by atoms with Gasteiger partial charge in [-0.05, 0) is 0 Å². The molecule has 0 bridgehead atoms. The van der Waals surface area contributed by atoms with Crippen LogP contribution in [-0.2, 0) is 0 Å². The van der Waals surface area contributed by atoms with Gasteiger partial charge in [-0.25, -0.2) is 0 Å². The fourth-order valence-corrected chi connectivity index (χ4v) is 4.36. The molecule has 2 nitrogen and oxygen atoms in total. The molecule has 0 fully saturated rings. The third-order valence-electron chi connectivity index (χ3n) is 2.85. The molecule has 0 N–H and O–H groups in total. The average molecular weight is 303 g/mol. The SMILES string of the molecule is CCOc1ccc(=O)c2cc3ccccc3[se]c1-2. The molecule has 0 saturated heterocycles. The van der Waals surface area contributed by atoms with Crippen molar-refractivity contribution in [3.8, 4) is 15.8 Å². The zero-order chi connectivity index (χ0) is 12.5. The van der Waals surface area contributed by atoms with Crippen molar-refractivity contribution in [1.82, 2.24) is 0 Å². The van der Waals surface area contributed by atoms with E-state index in [4.69, 9.17) is 4.74 Å². The summed E-state index contributed by atoms with van der Waals surface area (Å²) in [7, 11) is 0. The van der Waals surface area contributed by atoms with Gasteiger partial charge in [-0.15, -0.1) is 0 Å². The van der Waals surface area contributed by atoms with Crippen molar-refractivity contribution in [2.45, 2.75) is 6.92 Å². The molecule has 1 aliphatic carbocycles. The van der Waals surface area contributed by atoms with Crippen molar-refractivity contribution in [3.05, 3.63) is 52.7 Å². The molecule has 1 heterocycles. The molecule has 1 aromatic carbocycles. The molecule has 0 amide bonds. The number of hydrogen-bond donors (Lipinski definition) is 0. The second kappa shape index (κ2) is 4.60. The van der Waals surface area contributed by atoms with E-state index in [1.54, 1.807) is 12.1 Å². The second-order valence-corrected chi connectivity index (χ2v) is 6.23. The molecule has 3 heteroatoms. The Labute approximate surface area is 111 Å². The van der Waals surface area contributed by atoms with Crippen LogP contribution in [0.15, 0.2) is 47.3 Å². The molecule has 0 radical (unpaired) electrons. The Hall–Kier alpha value is -1.57.